The molecule has 0 fully saturated rings. The Balaban J connectivity index is 0. The molecular weight excluding hydrogens is 345 g/mol. The van der Waals surface area contributed by atoms with E-state index in [-0.39, 0.29) is 6.54 Å². The molecule has 136 valence electrons. The molecule has 0 aliphatic carbocycles. The second-order valence-corrected chi connectivity index (χ2v) is 5.39. The third-order valence-corrected chi connectivity index (χ3v) is 1.90. The van der Waals surface area contributed by atoms with Crippen LogP contribution in [-0.2, 0) is 4.57 Å². The Labute approximate surface area is 123 Å². The number of likely N-dealkylation sites (N-methyl/N-ethyl adjacent to an activating group) is 1. The zero-order valence-electron chi connectivity index (χ0n) is 11.7. The largest absolute Gasteiger partial charge is 0.655 e. The highest BCUT2D eigenvalue weighted by Gasteiger charge is 2.35. The summed E-state index contributed by atoms with van der Waals surface area (Å²) in [5.41, 5.74) is 0. The number of nitrogens with one attached hydrogen (secondary N) is 1. The van der Waals surface area contributed by atoms with E-state index in [4.69, 9.17) is 19.2 Å². The molecule has 0 heterocycles. The fourth-order valence-corrected chi connectivity index (χ4v) is 1.42. The van der Waals surface area contributed by atoms with Gasteiger partial charge >= 0.3 is 20.2 Å². The minimum atomic E-state index is -4.64. The van der Waals surface area contributed by atoms with Crippen molar-refractivity contribution < 1.29 is 45.6 Å². The maximum atomic E-state index is 12.1. The average molecular weight is 363 g/mol. The predicted octanol–water partition coefficient (Wildman–Crippen LogP) is 2.31. The normalized spacial score (nSPS) is 14.5. The summed E-state index contributed by atoms with van der Waals surface area (Å²) in [6.45, 7) is 1.71. The van der Waals surface area contributed by atoms with Crippen LogP contribution in [0, 0.1) is 0 Å². The molecule has 13 heteroatoms. The molecule has 0 aromatic rings. The fraction of sp³-hybridized carbons (Fsp3) is 1.00. The standard InChI is InChI=1S/C9H15F6N2.H3O4P/c1-6(5-16-2)17-7(3-8(10,11)12)4-9(13,14)15;1-5(2,3)4/h6-7,16H,3-5H2,1-2H3;(H3,1,2,3,4)/q-1;. The van der Waals surface area contributed by atoms with E-state index in [1.165, 1.54) is 6.92 Å². The predicted molar refractivity (Wildman–Crippen MR) is 66.1 cm³/mol. The summed E-state index contributed by atoms with van der Waals surface area (Å²) in [5, 5.41) is 6.18. The van der Waals surface area contributed by atoms with Gasteiger partial charge in [0.15, 0.2) is 0 Å². The second kappa shape index (κ2) is 9.68. The lowest BCUT2D eigenvalue weighted by Gasteiger charge is -2.38. The molecule has 6 nitrogen and oxygen atoms in total. The monoisotopic (exact) mass is 363 g/mol. The van der Waals surface area contributed by atoms with Crippen LogP contribution in [0.4, 0.5) is 26.3 Å². The van der Waals surface area contributed by atoms with Crippen molar-refractivity contribution in [3.05, 3.63) is 5.32 Å². The van der Waals surface area contributed by atoms with Gasteiger partial charge in [-0.05, 0) is 13.6 Å². The average Bonchev–Trinajstić information content (AvgIpc) is 2.07. The van der Waals surface area contributed by atoms with E-state index < -0.39 is 45.1 Å². The van der Waals surface area contributed by atoms with Gasteiger partial charge in [-0.15, -0.1) is 12.1 Å². The van der Waals surface area contributed by atoms with Crippen molar-refractivity contribution in [2.45, 2.75) is 44.2 Å². The van der Waals surface area contributed by atoms with Crippen molar-refractivity contribution >= 4 is 7.82 Å². The first-order valence-electron chi connectivity index (χ1n) is 5.80. The molecule has 0 saturated carbocycles. The van der Waals surface area contributed by atoms with Crippen molar-refractivity contribution in [2.24, 2.45) is 0 Å². The highest BCUT2D eigenvalue weighted by Crippen LogP contribution is 2.33. The molecule has 22 heavy (non-hydrogen) atoms. The van der Waals surface area contributed by atoms with Gasteiger partial charge < -0.3 is 25.3 Å². The van der Waals surface area contributed by atoms with E-state index in [0.29, 0.717) is 0 Å². The van der Waals surface area contributed by atoms with Gasteiger partial charge in [-0.25, -0.2) is 4.57 Å². The molecule has 0 amide bonds. The summed E-state index contributed by atoms with van der Waals surface area (Å²) in [4.78, 5) is 21.6. The molecule has 0 radical (unpaired) electrons. The Kier molecular flexibility index (Phi) is 10.5. The van der Waals surface area contributed by atoms with E-state index in [0.717, 1.165) is 0 Å². The Bertz CT molecular complexity index is 322. The van der Waals surface area contributed by atoms with Gasteiger partial charge in [-0.1, -0.05) is 6.92 Å². The molecular formula is C9H18F6N2O4P-. The van der Waals surface area contributed by atoms with Gasteiger partial charge in [0.05, 0.1) is 0 Å². The molecule has 0 spiro atoms. The quantitative estimate of drug-likeness (QED) is 0.428. The topological polar surface area (TPSA) is 104 Å². The molecule has 0 aliphatic heterocycles. The van der Waals surface area contributed by atoms with Crippen LogP contribution < -0.4 is 5.32 Å². The fourth-order valence-electron chi connectivity index (χ4n) is 1.42. The minimum Gasteiger partial charge on any atom is -0.655 e. The van der Waals surface area contributed by atoms with Crippen LogP contribution in [0.1, 0.15) is 19.8 Å². The van der Waals surface area contributed by atoms with Crippen LogP contribution in [-0.4, -0.2) is 52.7 Å². The van der Waals surface area contributed by atoms with E-state index in [1.54, 1.807) is 7.05 Å². The van der Waals surface area contributed by atoms with Gasteiger partial charge in [-0.3, -0.25) is 0 Å². The Morgan fingerprint density at radius 1 is 1.05 bits per heavy atom. The van der Waals surface area contributed by atoms with Crippen LogP contribution in [0.15, 0.2) is 0 Å². The van der Waals surface area contributed by atoms with Crippen molar-refractivity contribution in [2.75, 3.05) is 13.6 Å². The lowest BCUT2D eigenvalue weighted by atomic mass is 10.1. The SMILES string of the molecule is CNCC(C)[N-]C(CC(F)(F)F)CC(F)(F)F.O=P(O)(O)O. The Morgan fingerprint density at radius 2 is 1.36 bits per heavy atom. The van der Waals surface area contributed by atoms with E-state index >= 15 is 0 Å². The first kappa shape index (κ1) is 23.9. The zero-order chi connectivity index (χ0) is 18.2. The summed E-state index contributed by atoms with van der Waals surface area (Å²) < 4.78 is 81.3. The summed E-state index contributed by atoms with van der Waals surface area (Å²) in [7, 11) is -3.09. The maximum Gasteiger partial charge on any atom is 0.466 e. The zero-order valence-corrected chi connectivity index (χ0v) is 12.6. The summed E-state index contributed by atoms with van der Waals surface area (Å²) in [5.74, 6) is 0. The van der Waals surface area contributed by atoms with E-state index in [1.807, 2.05) is 0 Å². The van der Waals surface area contributed by atoms with Crippen LogP contribution in [0.25, 0.3) is 5.32 Å². The van der Waals surface area contributed by atoms with Crippen molar-refractivity contribution in [1.29, 1.82) is 0 Å². The first-order chi connectivity index (χ1) is 9.53. The molecule has 0 bridgehead atoms. The number of hydrogen-bond acceptors (Lipinski definition) is 2. The number of alkyl halides is 6. The third-order valence-electron chi connectivity index (χ3n) is 1.90. The maximum absolute atomic E-state index is 12.1. The van der Waals surface area contributed by atoms with Gasteiger partial charge in [0.25, 0.3) is 0 Å². The minimum absolute atomic E-state index is 0.242. The molecule has 4 N–H and O–H groups in total. The van der Waals surface area contributed by atoms with Crippen LogP contribution >= 0.6 is 7.82 Å². The molecule has 0 saturated heterocycles. The third kappa shape index (κ3) is 24.6. The number of nitrogens with zero attached hydrogens (tertiary/aromatic N) is 1. The number of rotatable bonds is 6. The van der Waals surface area contributed by atoms with Gasteiger partial charge in [-0.2, -0.15) is 26.3 Å². The lowest BCUT2D eigenvalue weighted by molar-refractivity contribution is -0.159. The number of halogens is 6. The van der Waals surface area contributed by atoms with E-state index in [9.17, 15) is 26.3 Å². The molecule has 0 rings (SSSR count). The van der Waals surface area contributed by atoms with Crippen LogP contribution in [0.2, 0.25) is 0 Å². The van der Waals surface area contributed by atoms with Crippen LogP contribution in [0.3, 0.4) is 0 Å². The molecule has 0 aromatic heterocycles. The smallest absolute Gasteiger partial charge is 0.466 e. The highest BCUT2D eigenvalue weighted by molar-refractivity contribution is 7.45. The van der Waals surface area contributed by atoms with Crippen molar-refractivity contribution in [1.82, 2.24) is 5.32 Å². The first-order valence-corrected chi connectivity index (χ1v) is 7.36. The lowest BCUT2D eigenvalue weighted by Crippen LogP contribution is -2.30. The second-order valence-electron chi connectivity index (χ2n) is 4.36. The summed E-state index contributed by atoms with van der Waals surface area (Å²) in [6, 6.07) is -2.35. The number of phosphoric acid groups is 1. The molecule has 0 aromatic carbocycles. The molecule has 1 atom stereocenters. The highest BCUT2D eigenvalue weighted by atomic mass is 31.2. The molecule has 0 aliphatic rings. The Morgan fingerprint density at radius 3 is 1.59 bits per heavy atom. The summed E-state index contributed by atoms with van der Waals surface area (Å²) >= 11 is 0. The molecule has 1 unspecified atom stereocenters. The number of hydrogen-bond donors (Lipinski definition) is 4. The van der Waals surface area contributed by atoms with Crippen LogP contribution in [0.5, 0.6) is 0 Å². The van der Waals surface area contributed by atoms with Gasteiger partial charge in [0.1, 0.15) is 0 Å². The van der Waals surface area contributed by atoms with Crippen molar-refractivity contribution in [3.63, 3.8) is 0 Å². The van der Waals surface area contributed by atoms with E-state index in [2.05, 4.69) is 10.6 Å². The van der Waals surface area contributed by atoms with Gasteiger partial charge in [0, 0.05) is 12.8 Å². The van der Waals surface area contributed by atoms with Gasteiger partial charge in [0.2, 0.25) is 0 Å². The Hall–Kier alpha value is -0.390. The summed E-state index contributed by atoms with van der Waals surface area (Å²) in [6.07, 6.45) is -12.4. The van der Waals surface area contributed by atoms with Crippen molar-refractivity contribution in [3.8, 4) is 0 Å².